The number of nitrogens with one attached hydrogen (secondary N) is 1. The first-order chi connectivity index (χ1) is 9.08. The lowest BCUT2D eigenvalue weighted by Crippen LogP contribution is -2.07. The lowest BCUT2D eigenvalue weighted by atomic mass is 10.1. The van der Waals surface area contributed by atoms with Gasteiger partial charge in [0.15, 0.2) is 0 Å². The smallest absolute Gasteiger partial charge is 0.335 e. The van der Waals surface area contributed by atoms with Gasteiger partial charge in [-0.2, -0.15) is 0 Å². The molecule has 1 unspecified atom stereocenters. The quantitative estimate of drug-likeness (QED) is 0.872. The standard InChI is InChI=1S/C16H17NO2/c1-11-10-14(8-9-15(11)16(18)19)17-12(2)13-6-4-3-5-7-13/h3-10,12,17H,1-2H3,(H,18,19). The molecule has 2 aromatic carbocycles. The van der Waals surface area contributed by atoms with Crippen LogP contribution in [-0.2, 0) is 0 Å². The Morgan fingerprint density at radius 1 is 1.16 bits per heavy atom. The van der Waals surface area contributed by atoms with Gasteiger partial charge in [-0.1, -0.05) is 30.3 Å². The van der Waals surface area contributed by atoms with E-state index < -0.39 is 5.97 Å². The summed E-state index contributed by atoms with van der Waals surface area (Å²) in [5.41, 5.74) is 3.23. The van der Waals surface area contributed by atoms with E-state index in [-0.39, 0.29) is 6.04 Å². The van der Waals surface area contributed by atoms with Crippen molar-refractivity contribution in [1.82, 2.24) is 0 Å². The van der Waals surface area contributed by atoms with Gasteiger partial charge in [0.2, 0.25) is 0 Å². The fourth-order valence-corrected chi connectivity index (χ4v) is 2.07. The highest BCUT2D eigenvalue weighted by molar-refractivity contribution is 5.89. The van der Waals surface area contributed by atoms with E-state index in [1.807, 2.05) is 31.2 Å². The molecule has 2 aromatic rings. The van der Waals surface area contributed by atoms with Gasteiger partial charge in [0.25, 0.3) is 0 Å². The molecule has 0 saturated carbocycles. The molecule has 0 aliphatic heterocycles. The van der Waals surface area contributed by atoms with Crippen LogP contribution in [-0.4, -0.2) is 11.1 Å². The average Bonchev–Trinajstić information content (AvgIpc) is 2.39. The van der Waals surface area contributed by atoms with E-state index in [0.717, 1.165) is 11.3 Å². The highest BCUT2D eigenvalue weighted by atomic mass is 16.4. The predicted molar refractivity (Wildman–Crippen MR) is 76.6 cm³/mol. The molecular formula is C16H17NO2. The third-order valence-electron chi connectivity index (χ3n) is 3.14. The monoisotopic (exact) mass is 255 g/mol. The van der Waals surface area contributed by atoms with Crippen molar-refractivity contribution in [2.75, 3.05) is 5.32 Å². The van der Waals surface area contributed by atoms with Crippen molar-refractivity contribution in [2.24, 2.45) is 0 Å². The zero-order chi connectivity index (χ0) is 13.8. The third kappa shape index (κ3) is 3.13. The van der Waals surface area contributed by atoms with Gasteiger partial charge in [0, 0.05) is 11.7 Å². The number of anilines is 1. The SMILES string of the molecule is Cc1cc(NC(C)c2ccccc2)ccc1C(=O)O. The molecule has 1 atom stereocenters. The van der Waals surface area contributed by atoms with E-state index in [9.17, 15) is 4.79 Å². The Morgan fingerprint density at radius 3 is 2.42 bits per heavy atom. The number of hydrogen-bond donors (Lipinski definition) is 2. The molecular weight excluding hydrogens is 238 g/mol. The molecule has 0 heterocycles. The average molecular weight is 255 g/mol. The molecule has 0 amide bonds. The van der Waals surface area contributed by atoms with Gasteiger partial charge in [-0.25, -0.2) is 4.79 Å². The molecule has 0 radical (unpaired) electrons. The van der Waals surface area contributed by atoms with Crippen molar-refractivity contribution in [3.05, 3.63) is 65.2 Å². The summed E-state index contributed by atoms with van der Waals surface area (Å²) < 4.78 is 0. The molecule has 0 aliphatic rings. The molecule has 19 heavy (non-hydrogen) atoms. The zero-order valence-corrected chi connectivity index (χ0v) is 11.1. The van der Waals surface area contributed by atoms with E-state index in [1.54, 1.807) is 12.1 Å². The summed E-state index contributed by atoms with van der Waals surface area (Å²) in [5.74, 6) is -0.889. The Hall–Kier alpha value is -2.29. The highest BCUT2D eigenvalue weighted by Gasteiger charge is 2.09. The van der Waals surface area contributed by atoms with Crippen LogP contribution in [0.2, 0.25) is 0 Å². The van der Waals surface area contributed by atoms with Crippen LogP contribution in [0.5, 0.6) is 0 Å². The minimum absolute atomic E-state index is 0.177. The van der Waals surface area contributed by atoms with Gasteiger partial charge in [-0.05, 0) is 43.2 Å². The number of carbonyl (C=O) groups is 1. The van der Waals surface area contributed by atoms with Crippen LogP contribution in [0.4, 0.5) is 5.69 Å². The Bertz CT molecular complexity index is 579. The Balaban J connectivity index is 2.16. The van der Waals surface area contributed by atoms with Gasteiger partial charge in [-0.15, -0.1) is 0 Å². The van der Waals surface area contributed by atoms with Crippen LogP contribution in [0.15, 0.2) is 48.5 Å². The Labute approximate surface area is 112 Å². The number of hydrogen-bond acceptors (Lipinski definition) is 2. The molecule has 2 N–H and O–H groups in total. The van der Waals surface area contributed by atoms with Gasteiger partial charge < -0.3 is 10.4 Å². The van der Waals surface area contributed by atoms with Crippen LogP contribution in [0.3, 0.4) is 0 Å². The molecule has 0 spiro atoms. The van der Waals surface area contributed by atoms with Gasteiger partial charge in [0.05, 0.1) is 5.56 Å². The highest BCUT2D eigenvalue weighted by Crippen LogP contribution is 2.21. The second kappa shape index (κ2) is 5.57. The Morgan fingerprint density at radius 2 is 1.84 bits per heavy atom. The van der Waals surface area contributed by atoms with Crippen LogP contribution < -0.4 is 5.32 Å². The van der Waals surface area contributed by atoms with Crippen LogP contribution in [0.1, 0.15) is 34.5 Å². The van der Waals surface area contributed by atoms with E-state index >= 15 is 0 Å². The van der Waals surface area contributed by atoms with Crippen molar-refractivity contribution >= 4 is 11.7 Å². The summed E-state index contributed by atoms with van der Waals surface area (Å²) in [6, 6.07) is 15.6. The van der Waals surface area contributed by atoms with E-state index in [2.05, 4.69) is 24.4 Å². The molecule has 98 valence electrons. The topological polar surface area (TPSA) is 49.3 Å². The molecule has 3 nitrogen and oxygen atoms in total. The van der Waals surface area contributed by atoms with Crippen molar-refractivity contribution in [3.8, 4) is 0 Å². The molecule has 2 rings (SSSR count). The molecule has 0 saturated heterocycles. The summed E-state index contributed by atoms with van der Waals surface area (Å²) in [5, 5.41) is 12.4. The maximum absolute atomic E-state index is 11.0. The van der Waals surface area contributed by atoms with Crippen molar-refractivity contribution in [2.45, 2.75) is 19.9 Å². The summed E-state index contributed by atoms with van der Waals surface area (Å²) >= 11 is 0. The lowest BCUT2D eigenvalue weighted by Gasteiger charge is -2.16. The first kappa shape index (κ1) is 13.1. The minimum atomic E-state index is -0.889. The molecule has 3 heteroatoms. The summed E-state index contributed by atoms with van der Waals surface area (Å²) in [4.78, 5) is 11.0. The maximum Gasteiger partial charge on any atom is 0.335 e. The van der Waals surface area contributed by atoms with Crippen LogP contribution in [0, 0.1) is 6.92 Å². The summed E-state index contributed by atoms with van der Waals surface area (Å²) in [6.07, 6.45) is 0. The third-order valence-corrected chi connectivity index (χ3v) is 3.14. The number of benzene rings is 2. The first-order valence-corrected chi connectivity index (χ1v) is 6.23. The van der Waals surface area contributed by atoms with Crippen molar-refractivity contribution in [3.63, 3.8) is 0 Å². The van der Waals surface area contributed by atoms with Crippen LogP contribution >= 0.6 is 0 Å². The molecule has 0 bridgehead atoms. The fraction of sp³-hybridized carbons (Fsp3) is 0.188. The number of rotatable bonds is 4. The van der Waals surface area contributed by atoms with Crippen molar-refractivity contribution in [1.29, 1.82) is 0 Å². The largest absolute Gasteiger partial charge is 0.478 e. The first-order valence-electron chi connectivity index (χ1n) is 6.23. The normalized spacial score (nSPS) is 11.9. The fourth-order valence-electron chi connectivity index (χ4n) is 2.07. The summed E-state index contributed by atoms with van der Waals surface area (Å²) in [6.45, 7) is 3.89. The number of carboxylic acids is 1. The molecule has 0 fully saturated rings. The van der Waals surface area contributed by atoms with E-state index in [1.165, 1.54) is 5.56 Å². The minimum Gasteiger partial charge on any atom is -0.478 e. The summed E-state index contributed by atoms with van der Waals surface area (Å²) in [7, 11) is 0. The second-order valence-corrected chi connectivity index (χ2v) is 4.61. The van der Waals surface area contributed by atoms with Gasteiger partial charge in [0.1, 0.15) is 0 Å². The van der Waals surface area contributed by atoms with Crippen molar-refractivity contribution < 1.29 is 9.90 Å². The zero-order valence-electron chi connectivity index (χ0n) is 11.1. The van der Waals surface area contributed by atoms with Crippen LogP contribution in [0.25, 0.3) is 0 Å². The Kier molecular flexibility index (Phi) is 3.85. The molecule has 0 aromatic heterocycles. The van der Waals surface area contributed by atoms with E-state index in [0.29, 0.717) is 5.56 Å². The second-order valence-electron chi connectivity index (χ2n) is 4.61. The van der Waals surface area contributed by atoms with Gasteiger partial charge >= 0.3 is 5.97 Å². The lowest BCUT2D eigenvalue weighted by molar-refractivity contribution is 0.0696. The van der Waals surface area contributed by atoms with Gasteiger partial charge in [-0.3, -0.25) is 0 Å². The predicted octanol–water partition coefficient (Wildman–Crippen LogP) is 3.87. The maximum atomic E-state index is 11.0. The number of carboxylic acid groups (broad SMARTS) is 1. The number of aromatic carboxylic acids is 1. The molecule has 0 aliphatic carbocycles. The number of aryl methyl sites for hydroxylation is 1. The van der Waals surface area contributed by atoms with E-state index in [4.69, 9.17) is 5.11 Å².